The molecule has 2 N–H and O–H groups in total. The Morgan fingerprint density at radius 1 is 1.15 bits per heavy atom. The van der Waals surface area contributed by atoms with Crippen LogP contribution in [0.5, 0.6) is 0 Å². The quantitative estimate of drug-likeness (QED) is 0.862. The van der Waals surface area contributed by atoms with Gasteiger partial charge >= 0.3 is 6.18 Å². The maximum Gasteiger partial charge on any atom is 0.416 e. The summed E-state index contributed by atoms with van der Waals surface area (Å²) in [5.74, 6) is -2.30. The third kappa shape index (κ3) is 2.61. The van der Waals surface area contributed by atoms with Gasteiger partial charge in [-0.05, 0) is 29.8 Å². The van der Waals surface area contributed by atoms with E-state index in [1.165, 1.54) is 24.5 Å². The van der Waals surface area contributed by atoms with Crippen molar-refractivity contribution < 1.29 is 22.4 Å². The first-order chi connectivity index (χ1) is 9.30. The summed E-state index contributed by atoms with van der Waals surface area (Å²) in [5, 5.41) is 0. The van der Waals surface area contributed by atoms with Crippen LogP contribution in [-0.4, -0.2) is 10.9 Å². The van der Waals surface area contributed by atoms with Crippen LogP contribution < -0.4 is 5.73 Å². The maximum atomic E-state index is 14.0. The van der Waals surface area contributed by atoms with Gasteiger partial charge in [0.1, 0.15) is 5.82 Å². The fourth-order valence-corrected chi connectivity index (χ4v) is 1.78. The molecule has 0 saturated heterocycles. The summed E-state index contributed by atoms with van der Waals surface area (Å²) in [5.41, 5.74) is 3.21. The molecule has 20 heavy (non-hydrogen) atoms. The molecule has 2 aromatic rings. The Balaban J connectivity index is 2.73. The van der Waals surface area contributed by atoms with Crippen molar-refractivity contribution in [2.45, 2.75) is 6.18 Å². The van der Waals surface area contributed by atoms with Crippen LogP contribution >= 0.6 is 0 Å². The summed E-state index contributed by atoms with van der Waals surface area (Å²) in [7, 11) is 0. The van der Waals surface area contributed by atoms with Crippen LogP contribution in [0.2, 0.25) is 0 Å². The number of pyridine rings is 1. The molecule has 0 aliphatic rings. The smallest absolute Gasteiger partial charge is 0.366 e. The van der Waals surface area contributed by atoms with Crippen molar-refractivity contribution in [1.82, 2.24) is 4.98 Å². The number of nitrogens with two attached hydrogens (primary N) is 1. The summed E-state index contributed by atoms with van der Waals surface area (Å²) < 4.78 is 51.8. The van der Waals surface area contributed by atoms with Crippen LogP contribution in [0.4, 0.5) is 17.6 Å². The Bertz CT molecular complexity index is 653. The highest BCUT2D eigenvalue weighted by Gasteiger charge is 2.33. The average Bonchev–Trinajstić information content (AvgIpc) is 2.37. The van der Waals surface area contributed by atoms with E-state index in [9.17, 15) is 22.4 Å². The first kappa shape index (κ1) is 14.0. The van der Waals surface area contributed by atoms with E-state index in [-0.39, 0.29) is 11.1 Å². The van der Waals surface area contributed by atoms with E-state index in [2.05, 4.69) is 4.98 Å². The van der Waals surface area contributed by atoms with Crippen molar-refractivity contribution in [3.8, 4) is 11.1 Å². The first-order valence-electron chi connectivity index (χ1n) is 5.41. The number of aromatic nitrogens is 1. The van der Waals surface area contributed by atoms with E-state index in [0.717, 1.165) is 0 Å². The molecule has 0 aliphatic carbocycles. The van der Waals surface area contributed by atoms with E-state index in [1.54, 1.807) is 0 Å². The van der Waals surface area contributed by atoms with Gasteiger partial charge < -0.3 is 5.73 Å². The van der Waals surface area contributed by atoms with Crippen molar-refractivity contribution in [3.63, 3.8) is 0 Å². The summed E-state index contributed by atoms with van der Waals surface area (Å²) in [6, 6.07) is 3.62. The molecule has 0 fully saturated rings. The standard InChI is InChI=1S/C13H8F4N2O/c14-10-6-8(13(15,16)17)5-9(12(18)20)11(10)7-1-3-19-4-2-7/h1-6H,(H2,18,20). The second-order valence-corrected chi connectivity index (χ2v) is 3.98. The summed E-state index contributed by atoms with van der Waals surface area (Å²) in [4.78, 5) is 15.0. The zero-order chi connectivity index (χ0) is 14.9. The minimum Gasteiger partial charge on any atom is -0.366 e. The Kier molecular flexibility index (Phi) is 3.44. The summed E-state index contributed by atoms with van der Waals surface area (Å²) >= 11 is 0. The van der Waals surface area contributed by atoms with Gasteiger partial charge in [0, 0.05) is 18.0 Å². The Labute approximate surface area is 111 Å². The van der Waals surface area contributed by atoms with Crippen LogP contribution in [0.1, 0.15) is 15.9 Å². The largest absolute Gasteiger partial charge is 0.416 e. The summed E-state index contributed by atoms with van der Waals surface area (Å²) in [6.45, 7) is 0. The van der Waals surface area contributed by atoms with Crippen molar-refractivity contribution in [3.05, 3.63) is 53.6 Å². The molecular formula is C13H8F4N2O. The molecule has 1 aromatic heterocycles. The zero-order valence-corrected chi connectivity index (χ0v) is 9.91. The number of nitrogens with zero attached hydrogens (tertiary/aromatic N) is 1. The number of primary amides is 1. The lowest BCUT2D eigenvalue weighted by Crippen LogP contribution is -2.16. The van der Waals surface area contributed by atoms with Crippen molar-refractivity contribution in [2.75, 3.05) is 0 Å². The van der Waals surface area contributed by atoms with Crippen LogP contribution in [0, 0.1) is 5.82 Å². The van der Waals surface area contributed by atoms with E-state index >= 15 is 0 Å². The highest BCUT2D eigenvalue weighted by atomic mass is 19.4. The molecule has 3 nitrogen and oxygen atoms in total. The van der Waals surface area contributed by atoms with Gasteiger partial charge in [-0.3, -0.25) is 9.78 Å². The van der Waals surface area contributed by atoms with Crippen LogP contribution in [-0.2, 0) is 6.18 Å². The molecule has 1 heterocycles. The van der Waals surface area contributed by atoms with Crippen molar-refractivity contribution in [1.29, 1.82) is 0 Å². The monoisotopic (exact) mass is 284 g/mol. The SMILES string of the molecule is NC(=O)c1cc(C(F)(F)F)cc(F)c1-c1ccncc1. The lowest BCUT2D eigenvalue weighted by atomic mass is 9.97. The van der Waals surface area contributed by atoms with E-state index in [0.29, 0.717) is 12.1 Å². The number of halogens is 4. The normalized spacial score (nSPS) is 11.4. The molecule has 2 rings (SSSR count). The minimum absolute atomic E-state index is 0.222. The molecule has 1 amide bonds. The van der Waals surface area contributed by atoms with Crippen LogP contribution in [0.3, 0.4) is 0 Å². The van der Waals surface area contributed by atoms with Gasteiger partial charge in [-0.1, -0.05) is 0 Å². The number of carbonyl (C=O) groups is 1. The third-order valence-corrected chi connectivity index (χ3v) is 2.65. The number of hydrogen-bond acceptors (Lipinski definition) is 2. The maximum absolute atomic E-state index is 14.0. The second-order valence-electron chi connectivity index (χ2n) is 3.98. The van der Waals surface area contributed by atoms with Gasteiger partial charge in [-0.25, -0.2) is 4.39 Å². The molecule has 7 heteroatoms. The molecular weight excluding hydrogens is 276 g/mol. The topological polar surface area (TPSA) is 56.0 Å². The number of alkyl halides is 3. The fourth-order valence-electron chi connectivity index (χ4n) is 1.78. The number of rotatable bonds is 2. The molecule has 0 spiro atoms. The zero-order valence-electron chi connectivity index (χ0n) is 9.91. The van der Waals surface area contributed by atoms with E-state index in [4.69, 9.17) is 5.73 Å². The number of amides is 1. The van der Waals surface area contributed by atoms with Crippen molar-refractivity contribution in [2.24, 2.45) is 5.73 Å². The van der Waals surface area contributed by atoms with Gasteiger partial charge in [-0.15, -0.1) is 0 Å². The molecule has 0 bridgehead atoms. The van der Waals surface area contributed by atoms with Gasteiger partial charge in [0.2, 0.25) is 5.91 Å². The number of hydrogen-bond donors (Lipinski definition) is 1. The number of benzene rings is 1. The molecule has 0 unspecified atom stereocenters. The predicted octanol–water partition coefficient (Wildman–Crippen LogP) is 3.01. The fraction of sp³-hybridized carbons (Fsp3) is 0.0769. The molecule has 1 aromatic carbocycles. The van der Waals surface area contributed by atoms with E-state index in [1.807, 2.05) is 0 Å². The average molecular weight is 284 g/mol. The Hall–Kier alpha value is -2.44. The van der Waals surface area contributed by atoms with Crippen LogP contribution in [0.25, 0.3) is 11.1 Å². The van der Waals surface area contributed by atoms with Gasteiger partial charge in [0.25, 0.3) is 0 Å². The molecule has 0 radical (unpaired) electrons. The first-order valence-corrected chi connectivity index (χ1v) is 5.41. The number of carbonyl (C=O) groups excluding carboxylic acids is 1. The summed E-state index contributed by atoms with van der Waals surface area (Å²) in [6.07, 6.45) is -2.10. The van der Waals surface area contributed by atoms with Gasteiger partial charge in [-0.2, -0.15) is 13.2 Å². The van der Waals surface area contributed by atoms with Gasteiger partial charge in [0.05, 0.1) is 11.1 Å². The predicted molar refractivity (Wildman–Crippen MR) is 63.2 cm³/mol. The molecule has 0 atom stereocenters. The lowest BCUT2D eigenvalue weighted by Gasteiger charge is -2.13. The molecule has 0 saturated carbocycles. The van der Waals surface area contributed by atoms with E-state index < -0.39 is 29.0 Å². The molecule has 104 valence electrons. The highest BCUT2D eigenvalue weighted by molar-refractivity contribution is 6.00. The van der Waals surface area contributed by atoms with Crippen LogP contribution in [0.15, 0.2) is 36.7 Å². The minimum atomic E-state index is -4.76. The van der Waals surface area contributed by atoms with Gasteiger partial charge in [0.15, 0.2) is 0 Å². The van der Waals surface area contributed by atoms with Crippen molar-refractivity contribution >= 4 is 5.91 Å². The Morgan fingerprint density at radius 2 is 1.75 bits per heavy atom. The third-order valence-electron chi connectivity index (χ3n) is 2.65. The highest BCUT2D eigenvalue weighted by Crippen LogP contribution is 2.35. The molecule has 0 aliphatic heterocycles. The Morgan fingerprint density at radius 3 is 2.25 bits per heavy atom. The lowest BCUT2D eigenvalue weighted by molar-refractivity contribution is -0.137. The second kappa shape index (κ2) is 4.92.